The maximum absolute atomic E-state index is 12.3. The van der Waals surface area contributed by atoms with Crippen molar-refractivity contribution in [3.8, 4) is 5.75 Å². The Morgan fingerprint density at radius 1 is 1.32 bits per heavy atom. The fraction of sp³-hybridized carbons (Fsp3) is 0.316. The zero-order valence-electron chi connectivity index (χ0n) is 12.8. The summed E-state index contributed by atoms with van der Waals surface area (Å²) in [4.78, 5) is 12.3. The molecule has 1 aliphatic heterocycles. The van der Waals surface area contributed by atoms with Gasteiger partial charge in [0.05, 0.1) is 10.9 Å². The van der Waals surface area contributed by atoms with Crippen LogP contribution >= 0.6 is 0 Å². The minimum Gasteiger partial charge on any atom is -0.484 e. The molecule has 1 aliphatic carbocycles. The molecule has 1 aromatic carbocycles. The normalized spacial score (nSPS) is 24.8. The number of allylic oxidation sites excluding steroid dienone is 2. The van der Waals surface area contributed by atoms with Gasteiger partial charge in [0.2, 0.25) is 0 Å². The summed E-state index contributed by atoms with van der Waals surface area (Å²) in [6.07, 6.45) is 6.00. The van der Waals surface area contributed by atoms with E-state index in [1.807, 2.05) is 24.3 Å². The molecule has 2 heterocycles. The minimum absolute atomic E-state index is 0.0224. The van der Waals surface area contributed by atoms with Crippen molar-refractivity contribution in [3.05, 3.63) is 63.5 Å². The first-order valence-electron chi connectivity index (χ1n) is 7.78. The van der Waals surface area contributed by atoms with Gasteiger partial charge in [-0.25, -0.2) is 4.79 Å². The summed E-state index contributed by atoms with van der Waals surface area (Å²) in [5.41, 5.74) is 3.66. The number of fused-ring (bicyclic) bond motifs is 4. The third kappa shape index (κ3) is 1.85. The predicted octanol–water partition coefficient (Wildman–Crippen LogP) is 4.01. The first kappa shape index (κ1) is 13.4. The summed E-state index contributed by atoms with van der Waals surface area (Å²) in [7, 11) is 0. The van der Waals surface area contributed by atoms with Crippen molar-refractivity contribution in [1.29, 1.82) is 0 Å². The van der Waals surface area contributed by atoms with Gasteiger partial charge in [0.15, 0.2) is 0 Å². The van der Waals surface area contributed by atoms with Crippen molar-refractivity contribution in [2.24, 2.45) is 5.92 Å². The Hall–Kier alpha value is -2.29. The second-order valence-corrected chi connectivity index (χ2v) is 6.03. The molecule has 2 aromatic rings. The van der Waals surface area contributed by atoms with Crippen LogP contribution in [-0.4, -0.2) is 6.10 Å². The molecule has 22 heavy (non-hydrogen) atoms. The van der Waals surface area contributed by atoms with Crippen LogP contribution in [0.5, 0.6) is 5.75 Å². The molecule has 2 atom stereocenters. The minimum atomic E-state index is -0.271. The van der Waals surface area contributed by atoms with Crippen LogP contribution in [0.25, 0.3) is 11.0 Å². The molecular formula is C19H18O3. The molecule has 2 aliphatic rings. The molecule has 0 fully saturated rings. The van der Waals surface area contributed by atoms with Gasteiger partial charge < -0.3 is 9.15 Å². The molecule has 0 bridgehead atoms. The molecule has 112 valence electrons. The van der Waals surface area contributed by atoms with Gasteiger partial charge in [-0.05, 0) is 43.5 Å². The molecule has 0 spiro atoms. The van der Waals surface area contributed by atoms with E-state index in [2.05, 4.69) is 26.0 Å². The van der Waals surface area contributed by atoms with Gasteiger partial charge in [-0.1, -0.05) is 30.7 Å². The van der Waals surface area contributed by atoms with Gasteiger partial charge in [0, 0.05) is 5.92 Å². The second kappa shape index (κ2) is 4.87. The summed E-state index contributed by atoms with van der Waals surface area (Å²) < 4.78 is 11.7. The average Bonchev–Trinajstić information content (AvgIpc) is 2.96. The lowest BCUT2D eigenvalue weighted by molar-refractivity contribution is 0.182. The van der Waals surface area contributed by atoms with E-state index in [1.54, 1.807) is 0 Å². The molecule has 0 saturated heterocycles. The van der Waals surface area contributed by atoms with Crippen LogP contribution < -0.4 is 10.4 Å². The zero-order valence-corrected chi connectivity index (χ0v) is 12.8. The third-order valence-electron chi connectivity index (χ3n) is 4.82. The summed E-state index contributed by atoms with van der Waals surface area (Å²) in [5.74, 6) is 0.935. The van der Waals surface area contributed by atoms with Crippen LogP contribution in [0.3, 0.4) is 0 Å². The van der Waals surface area contributed by atoms with Gasteiger partial charge in [0.1, 0.15) is 17.4 Å². The number of benzene rings is 1. The van der Waals surface area contributed by atoms with E-state index in [-0.39, 0.29) is 17.6 Å². The van der Waals surface area contributed by atoms with Crippen LogP contribution in [0.4, 0.5) is 0 Å². The number of hydrogen-bond acceptors (Lipinski definition) is 3. The number of para-hydroxylation sites is 1. The van der Waals surface area contributed by atoms with Crippen molar-refractivity contribution >= 4 is 11.0 Å². The summed E-state index contributed by atoms with van der Waals surface area (Å²) in [5, 5.41) is 0.883. The fourth-order valence-electron chi connectivity index (χ4n) is 3.47. The highest BCUT2D eigenvalue weighted by atomic mass is 16.5. The Balaban J connectivity index is 1.89. The van der Waals surface area contributed by atoms with E-state index in [1.165, 1.54) is 11.1 Å². The topological polar surface area (TPSA) is 39.4 Å². The molecule has 0 saturated carbocycles. The Morgan fingerprint density at radius 2 is 2.14 bits per heavy atom. The van der Waals surface area contributed by atoms with Crippen molar-refractivity contribution in [1.82, 2.24) is 0 Å². The summed E-state index contributed by atoms with van der Waals surface area (Å²) >= 11 is 0. The first-order chi connectivity index (χ1) is 10.7. The molecular weight excluding hydrogens is 276 g/mol. The highest BCUT2D eigenvalue weighted by molar-refractivity contribution is 5.84. The number of ether oxygens (including phenoxy) is 1. The van der Waals surface area contributed by atoms with Gasteiger partial charge >= 0.3 is 5.63 Å². The smallest absolute Gasteiger partial charge is 0.343 e. The molecule has 3 nitrogen and oxygen atoms in total. The lowest BCUT2D eigenvalue weighted by atomic mass is 9.86. The zero-order chi connectivity index (χ0) is 15.3. The van der Waals surface area contributed by atoms with Crippen molar-refractivity contribution < 1.29 is 9.15 Å². The Morgan fingerprint density at radius 3 is 2.95 bits per heavy atom. The van der Waals surface area contributed by atoms with Crippen LogP contribution in [-0.2, 0) is 6.42 Å². The van der Waals surface area contributed by atoms with E-state index in [9.17, 15) is 4.79 Å². The molecule has 0 unspecified atom stereocenters. The Kier molecular flexibility index (Phi) is 2.96. The van der Waals surface area contributed by atoms with Crippen molar-refractivity contribution in [2.75, 3.05) is 0 Å². The fourth-order valence-corrected chi connectivity index (χ4v) is 3.47. The van der Waals surface area contributed by atoms with Gasteiger partial charge in [-0.2, -0.15) is 0 Å². The molecule has 4 rings (SSSR count). The van der Waals surface area contributed by atoms with E-state index in [0.29, 0.717) is 23.3 Å². The number of rotatable bonds is 1. The van der Waals surface area contributed by atoms with Crippen LogP contribution in [0, 0.1) is 5.92 Å². The van der Waals surface area contributed by atoms with E-state index in [4.69, 9.17) is 9.15 Å². The standard InChI is InChI=1S/C19H18O3/c1-3-11(2)12-8-9-17-14(12)10-15-18(21-17)13-6-4-5-7-16(13)22-19(15)20/h4-9,14,17H,3,10H2,1-2H3/b12-11+/t14-,17+/m1/s1. The largest absolute Gasteiger partial charge is 0.484 e. The summed E-state index contributed by atoms with van der Waals surface area (Å²) in [6.45, 7) is 4.31. The Labute approximate surface area is 128 Å². The van der Waals surface area contributed by atoms with Crippen LogP contribution in [0.2, 0.25) is 0 Å². The highest BCUT2D eigenvalue weighted by Crippen LogP contribution is 2.41. The molecule has 3 heteroatoms. The number of hydrogen-bond donors (Lipinski definition) is 0. The lowest BCUT2D eigenvalue weighted by Gasteiger charge is -2.29. The molecule has 1 aromatic heterocycles. The van der Waals surface area contributed by atoms with E-state index >= 15 is 0 Å². The van der Waals surface area contributed by atoms with Crippen molar-refractivity contribution in [2.45, 2.75) is 32.8 Å². The Bertz CT molecular complexity index is 870. The first-order valence-corrected chi connectivity index (χ1v) is 7.78. The maximum atomic E-state index is 12.3. The van der Waals surface area contributed by atoms with Crippen LogP contribution in [0.1, 0.15) is 25.8 Å². The monoisotopic (exact) mass is 294 g/mol. The lowest BCUT2D eigenvalue weighted by Crippen LogP contribution is -2.32. The maximum Gasteiger partial charge on any atom is 0.343 e. The van der Waals surface area contributed by atoms with Crippen LogP contribution in [0.15, 0.2) is 56.8 Å². The quantitative estimate of drug-likeness (QED) is 0.746. The van der Waals surface area contributed by atoms with E-state index in [0.717, 1.165) is 11.8 Å². The SMILES string of the molecule is CC/C(C)=C1\C=C[C@@H]2Oc3c(c(=O)oc4ccccc34)C[C@H]12. The van der Waals surface area contributed by atoms with Gasteiger partial charge in [-0.15, -0.1) is 0 Å². The average molecular weight is 294 g/mol. The highest BCUT2D eigenvalue weighted by Gasteiger charge is 2.37. The van der Waals surface area contributed by atoms with Crippen molar-refractivity contribution in [3.63, 3.8) is 0 Å². The second-order valence-electron chi connectivity index (χ2n) is 6.03. The van der Waals surface area contributed by atoms with Gasteiger partial charge in [0.25, 0.3) is 0 Å². The molecule has 0 amide bonds. The van der Waals surface area contributed by atoms with E-state index < -0.39 is 0 Å². The summed E-state index contributed by atoms with van der Waals surface area (Å²) in [6, 6.07) is 7.56. The molecule has 0 N–H and O–H groups in total. The van der Waals surface area contributed by atoms with Gasteiger partial charge in [-0.3, -0.25) is 0 Å². The molecule has 0 radical (unpaired) electrons. The predicted molar refractivity (Wildman–Crippen MR) is 86.2 cm³/mol. The third-order valence-corrected chi connectivity index (χ3v) is 4.82.